The first-order valence-electron chi connectivity index (χ1n) is 6.85. The van der Waals surface area contributed by atoms with Crippen LogP contribution in [0.15, 0.2) is 25.3 Å². The number of hydrogen-bond donors (Lipinski definition) is 1. The second-order valence-corrected chi connectivity index (χ2v) is 5.04. The number of rotatable bonds is 5. The Morgan fingerprint density at radius 2 is 1.95 bits per heavy atom. The highest BCUT2D eigenvalue weighted by molar-refractivity contribution is 6.04. The molecule has 0 saturated carbocycles. The van der Waals surface area contributed by atoms with E-state index >= 15 is 0 Å². The van der Waals surface area contributed by atoms with Crippen LogP contribution in [0, 0.1) is 6.92 Å². The summed E-state index contributed by atoms with van der Waals surface area (Å²) in [7, 11) is 0. The molecule has 1 amide bonds. The number of nitrogens with zero attached hydrogens (tertiary/aromatic N) is 1. The van der Waals surface area contributed by atoms with Gasteiger partial charge in [0.25, 0.3) is 5.91 Å². The van der Waals surface area contributed by atoms with Crippen molar-refractivity contribution in [2.24, 2.45) is 0 Å². The van der Waals surface area contributed by atoms with Crippen molar-refractivity contribution in [3.05, 3.63) is 47.8 Å². The summed E-state index contributed by atoms with van der Waals surface area (Å²) >= 11 is 0. The molecule has 1 N–H and O–H groups in total. The minimum absolute atomic E-state index is 0.107. The van der Waals surface area contributed by atoms with E-state index in [9.17, 15) is 9.59 Å². The number of aryl methyl sites for hydroxylation is 1. The van der Waals surface area contributed by atoms with E-state index in [2.05, 4.69) is 18.1 Å². The lowest BCUT2D eigenvalue weighted by Gasteiger charge is -2.18. The monoisotopic (exact) mass is 272 g/mol. The van der Waals surface area contributed by atoms with Gasteiger partial charge in [0.1, 0.15) is 5.69 Å². The van der Waals surface area contributed by atoms with Gasteiger partial charge in [-0.2, -0.15) is 0 Å². The number of carbonyl (C=O) groups excluding carboxylic acids is 2. The van der Waals surface area contributed by atoms with Gasteiger partial charge in [-0.1, -0.05) is 12.2 Å². The van der Waals surface area contributed by atoms with Crippen LogP contribution in [0.25, 0.3) is 0 Å². The first-order valence-corrected chi connectivity index (χ1v) is 6.85. The van der Waals surface area contributed by atoms with Crippen LogP contribution in [0.1, 0.15) is 44.9 Å². The minimum Gasteiger partial charge on any atom is -0.354 e. The van der Waals surface area contributed by atoms with Crippen molar-refractivity contribution in [1.82, 2.24) is 9.88 Å². The molecule has 0 fully saturated rings. The van der Waals surface area contributed by atoms with Gasteiger partial charge in [-0.05, 0) is 25.3 Å². The Labute approximate surface area is 119 Å². The fraction of sp³-hybridized carbons (Fsp3) is 0.375. The quantitative estimate of drug-likeness (QED) is 0.838. The summed E-state index contributed by atoms with van der Waals surface area (Å²) in [6.45, 7) is 10.1. The topological polar surface area (TPSA) is 53.2 Å². The van der Waals surface area contributed by atoms with Crippen molar-refractivity contribution >= 4 is 11.7 Å². The van der Waals surface area contributed by atoms with Gasteiger partial charge in [0.15, 0.2) is 5.78 Å². The molecule has 2 rings (SSSR count). The Kier molecular flexibility index (Phi) is 4.23. The van der Waals surface area contributed by atoms with Crippen molar-refractivity contribution in [2.75, 3.05) is 13.1 Å². The van der Waals surface area contributed by atoms with Gasteiger partial charge in [-0.3, -0.25) is 9.59 Å². The molecule has 0 atom stereocenters. The number of ketones is 1. The number of nitrogens with one attached hydrogen (secondary N) is 1. The zero-order valence-electron chi connectivity index (χ0n) is 11.9. The fourth-order valence-electron chi connectivity index (χ4n) is 2.70. The third kappa shape index (κ3) is 2.46. The lowest BCUT2D eigenvalue weighted by molar-refractivity contribution is 0.0784. The van der Waals surface area contributed by atoms with Gasteiger partial charge >= 0.3 is 0 Å². The second-order valence-electron chi connectivity index (χ2n) is 5.04. The van der Waals surface area contributed by atoms with Crippen LogP contribution in [0.2, 0.25) is 0 Å². The molecule has 4 heteroatoms. The highest BCUT2D eigenvalue weighted by atomic mass is 16.2. The van der Waals surface area contributed by atoms with E-state index in [0.717, 1.165) is 29.7 Å². The summed E-state index contributed by atoms with van der Waals surface area (Å²) in [5.41, 5.74) is 2.91. The standard InChI is InChI=1S/C16H20N2O2/c1-4-9-18(10-5-2)16(20)15-11(3)14-12(17-15)7-6-8-13(14)19/h4-5,17H,1-2,6-10H2,3H3. The van der Waals surface area contributed by atoms with Gasteiger partial charge in [0.05, 0.1) is 0 Å². The number of amides is 1. The summed E-state index contributed by atoms with van der Waals surface area (Å²) < 4.78 is 0. The Balaban J connectivity index is 2.37. The summed E-state index contributed by atoms with van der Waals surface area (Å²) in [5, 5.41) is 0. The summed E-state index contributed by atoms with van der Waals surface area (Å²) in [5.74, 6) is 0.0301. The van der Waals surface area contributed by atoms with Crippen molar-refractivity contribution in [3.63, 3.8) is 0 Å². The summed E-state index contributed by atoms with van der Waals surface area (Å²) in [6, 6.07) is 0. The van der Waals surface area contributed by atoms with Crippen molar-refractivity contribution in [2.45, 2.75) is 26.2 Å². The molecule has 1 aliphatic carbocycles. The molecule has 4 nitrogen and oxygen atoms in total. The van der Waals surface area contributed by atoms with Crippen LogP contribution in [-0.2, 0) is 6.42 Å². The van der Waals surface area contributed by atoms with Crippen LogP contribution >= 0.6 is 0 Å². The smallest absolute Gasteiger partial charge is 0.271 e. The predicted octanol–water partition coefficient (Wildman–Crippen LogP) is 2.66. The Bertz CT molecular complexity index is 559. The number of aromatic nitrogens is 1. The molecule has 0 aliphatic heterocycles. The molecule has 0 aromatic carbocycles. The molecule has 1 aromatic heterocycles. The van der Waals surface area contributed by atoms with E-state index < -0.39 is 0 Å². The van der Waals surface area contributed by atoms with Crippen molar-refractivity contribution < 1.29 is 9.59 Å². The van der Waals surface area contributed by atoms with Gasteiger partial charge in [-0.25, -0.2) is 0 Å². The third-order valence-electron chi connectivity index (χ3n) is 3.64. The molecule has 0 bridgehead atoms. The number of aromatic amines is 1. The van der Waals surface area contributed by atoms with E-state index in [1.165, 1.54) is 0 Å². The average Bonchev–Trinajstić information content (AvgIpc) is 2.76. The Morgan fingerprint density at radius 1 is 1.30 bits per heavy atom. The summed E-state index contributed by atoms with van der Waals surface area (Å²) in [6.07, 6.45) is 5.62. The zero-order valence-corrected chi connectivity index (χ0v) is 11.9. The average molecular weight is 272 g/mol. The molecule has 1 aromatic rings. The molecular formula is C16H20N2O2. The molecule has 0 radical (unpaired) electrons. The minimum atomic E-state index is -0.107. The zero-order chi connectivity index (χ0) is 14.7. The van der Waals surface area contributed by atoms with Crippen LogP contribution in [0.5, 0.6) is 0 Å². The van der Waals surface area contributed by atoms with Gasteiger partial charge < -0.3 is 9.88 Å². The molecule has 0 unspecified atom stereocenters. The molecule has 1 heterocycles. The maximum atomic E-state index is 12.6. The number of Topliss-reactive ketones (excluding diaryl/α,β-unsaturated/α-hetero) is 1. The first kappa shape index (κ1) is 14.3. The van der Waals surface area contributed by atoms with E-state index in [1.807, 2.05) is 6.92 Å². The normalized spacial score (nSPS) is 13.8. The second kappa shape index (κ2) is 5.90. The van der Waals surface area contributed by atoms with Crippen LogP contribution in [0.3, 0.4) is 0 Å². The number of carbonyl (C=O) groups is 2. The molecule has 0 saturated heterocycles. The lowest BCUT2D eigenvalue weighted by Crippen LogP contribution is -2.32. The Hall–Kier alpha value is -2.10. The third-order valence-corrected chi connectivity index (χ3v) is 3.64. The van der Waals surface area contributed by atoms with E-state index in [-0.39, 0.29) is 11.7 Å². The van der Waals surface area contributed by atoms with Crippen LogP contribution in [0.4, 0.5) is 0 Å². The van der Waals surface area contributed by atoms with Gasteiger partial charge in [0.2, 0.25) is 0 Å². The van der Waals surface area contributed by atoms with Crippen molar-refractivity contribution in [3.8, 4) is 0 Å². The maximum absolute atomic E-state index is 12.6. The first-order chi connectivity index (χ1) is 9.60. The van der Waals surface area contributed by atoms with E-state index in [4.69, 9.17) is 0 Å². The molecular weight excluding hydrogens is 252 g/mol. The van der Waals surface area contributed by atoms with E-state index in [1.54, 1.807) is 17.1 Å². The molecule has 1 aliphatic rings. The summed E-state index contributed by atoms with van der Waals surface area (Å²) in [4.78, 5) is 29.3. The fourth-order valence-corrected chi connectivity index (χ4v) is 2.70. The predicted molar refractivity (Wildman–Crippen MR) is 79.1 cm³/mol. The largest absolute Gasteiger partial charge is 0.354 e. The SMILES string of the molecule is C=CCN(CC=C)C(=O)c1[nH]c2c(c1C)C(=O)CCC2. The number of H-pyrrole nitrogens is 1. The number of hydrogen-bond acceptors (Lipinski definition) is 2. The highest BCUT2D eigenvalue weighted by Crippen LogP contribution is 2.27. The molecule has 106 valence electrons. The molecule has 0 spiro atoms. The van der Waals surface area contributed by atoms with Gasteiger partial charge in [0, 0.05) is 30.8 Å². The number of fused-ring (bicyclic) bond motifs is 1. The van der Waals surface area contributed by atoms with Gasteiger partial charge in [-0.15, -0.1) is 13.2 Å². The van der Waals surface area contributed by atoms with Crippen LogP contribution < -0.4 is 0 Å². The maximum Gasteiger partial charge on any atom is 0.271 e. The Morgan fingerprint density at radius 3 is 2.50 bits per heavy atom. The molecule has 20 heavy (non-hydrogen) atoms. The van der Waals surface area contributed by atoms with Crippen molar-refractivity contribution in [1.29, 1.82) is 0 Å². The lowest BCUT2D eigenvalue weighted by atomic mass is 9.94. The van der Waals surface area contributed by atoms with E-state index in [0.29, 0.717) is 25.2 Å². The highest BCUT2D eigenvalue weighted by Gasteiger charge is 2.27. The van der Waals surface area contributed by atoms with Crippen LogP contribution in [-0.4, -0.2) is 34.7 Å².